The van der Waals surface area contributed by atoms with Crippen molar-refractivity contribution in [3.05, 3.63) is 82.9 Å². The molecule has 3 aromatic rings. The van der Waals surface area contributed by atoms with E-state index < -0.39 is 0 Å². The summed E-state index contributed by atoms with van der Waals surface area (Å²) in [5, 5.41) is 0. The molecule has 0 radical (unpaired) electrons. The molecule has 0 saturated carbocycles. The maximum atomic E-state index is 2.44. The molecule has 0 aliphatic carbocycles. The molecule has 0 N–H and O–H groups in total. The van der Waals surface area contributed by atoms with Crippen LogP contribution in [0.2, 0.25) is 0 Å². The van der Waals surface area contributed by atoms with Crippen molar-refractivity contribution in [3.63, 3.8) is 0 Å². The minimum Gasteiger partial charge on any atom is -0.357 e. The molecule has 0 aliphatic rings. The second kappa shape index (κ2) is 7.07. The Morgan fingerprint density at radius 2 is 1.11 bits per heavy atom. The van der Waals surface area contributed by atoms with Crippen LogP contribution in [0.25, 0.3) is 0 Å². The fraction of sp³-hybridized carbons (Fsp3) is 0.440. The summed E-state index contributed by atoms with van der Waals surface area (Å²) in [4.78, 5) is 0. The van der Waals surface area contributed by atoms with Gasteiger partial charge in [0.25, 0.3) is 0 Å². The number of benzene rings is 1. The van der Waals surface area contributed by atoms with Crippen molar-refractivity contribution >= 4 is 0 Å². The number of hydrogen-bond acceptors (Lipinski definition) is 0. The third-order valence-electron chi connectivity index (χ3n) is 5.72. The van der Waals surface area contributed by atoms with Crippen LogP contribution >= 0.6 is 0 Å². The van der Waals surface area contributed by atoms with Crippen molar-refractivity contribution in [2.75, 3.05) is 0 Å². The Balaban J connectivity index is 1.90. The predicted octanol–water partition coefficient (Wildman–Crippen LogP) is 5.71. The van der Waals surface area contributed by atoms with Gasteiger partial charge in [0.05, 0.1) is 0 Å². The van der Waals surface area contributed by atoms with Gasteiger partial charge in [-0.05, 0) is 65.0 Å². The minimum absolute atomic E-state index is 0.102. The number of hydrogen-bond donors (Lipinski definition) is 0. The van der Waals surface area contributed by atoms with E-state index >= 15 is 0 Å². The van der Waals surface area contributed by atoms with E-state index in [9.17, 15) is 0 Å². The molecule has 2 heterocycles. The van der Waals surface area contributed by atoms with Crippen LogP contribution in [0.5, 0.6) is 0 Å². The zero-order valence-corrected chi connectivity index (χ0v) is 18.0. The standard InChI is InChI=1S/C25H34N2/c1-19-12-22(24(2,3)15-20-8-10-26(6)17-20)14-23(13-19)25(4,5)16-21-9-11-27(7)18-21/h8-14,17-18H,15-16H2,1-7H3. The average Bonchev–Trinajstić information content (AvgIpc) is 3.14. The molecule has 144 valence electrons. The molecular weight excluding hydrogens is 328 g/mol. The average molecular weight is 363 g/mol. The summed E-state index contributed by atoms with van der Waals surface area (Å²) in [5.41, 5.74) is 7.22. The third-order valence-corrected chi connectivity index (χ3v) is 5.72. The first-order valence-corrected chi connectivity index (χ1v) is 9.89. The zero-order valence-electron chi connectivity index (χ0n) is 18.0. The van der Waals surface area contributed by atoms with Crippen LogP contribution in [0.1, 0.15) is 55.5 Å². The van der Waals surface area contributed by atoms with E-state index in [1.807, 2.05) is 0 Å². The van der Waals surface area contributed by atoms with E-state index in [-0.39, 0.29) is 10.8 Å². The van der Waals surface area contributed by atoms with Crippen molar-refractivity contribution in [1.82, 2.24) is 9.13 Å². The molecule has 0 aliphatic heterocycles. The summed E-state index contributed by atoms with van der Waals surface area (Å²) in [6, 6.07) is 11.6. The fourth-order valence-electron chi connectivity index (χ4n) is 4.12. The monoisotopic (exact) mass is 362 g/mol. The molecule has 2 aromatic heterocycles. The lowest BCUT2D eigenvalue weighted by molar-refractivity contribution is 0.503. The van der Waals surface area contributed by atoms with Crippen LogP contribution in [0.15, 0.2) is 55.1 Å². The molecule has 0 amide bonds. The Labute approximate surface area is 164 Å². The summed E-state index contributed by atoms with van der Waals surface area (Å²) >= 11 is 0. The molecule has 2 heteroatoms. The summed E-state index contributed by atoms with van der Waals surface area (Å²) in [6.45, 7) is 11.7. The van der Waals surface area contributed by atoms with Gasteiger partial charge in [-0.1, -0.05) is 51.5 Å². The highest BCUT2D eigenvalue weighted by molar-refractivity contribution is 5.39. The van der Waals surface area contributed by atoms with Crippen LogP contribution < -0.4 is 0 Å². The summed E-state index contributed by atoms with van der Waals surface area (Å²) < 4.78 is 4.27. The van der Waals surface area contributed by atoms with E-state index in [4.69, 9.17) is 0 Å². The first kappa shape index (κ1) is 19.5. The predicted molar refractivity (Wildman–Crippen MR) is 115 cm³/mol. The third kappa shape index (κ3) is 4.55. The zero-order chi connectivity index (χ0) is 19.8. The molecule has 0 fully saturated rings. The first-order valence-electron chi connectivity index (χ1n) is 9.89. The van der Waals surface area contributed by atoms with Crippen molar-refractivity contribution in [1.29, 1.82) is 0 Å². The lowest BCUT2D eigenvalue weighted by atomic mass is 9.74. The van der Waals surface area contributed by atoms with Crippen molar-refractivity contribution in [2.45, 2.75) is 58.3 Å². The van der Waals surface area contributed by atoms with Gasteiger partial charge < -0.3 is 9.13 Å². The van der Waals surface area contributed by atoms with Gasteiger partial charge >= 0.3 is 0 Å². The molecular formula is C25H34N2. The number of aromatic nitrogens is 2. The van der Waals surface area contributed by atoms with Crippen molar-refractivity contribution in [2.24, 2.45) is 14.1 Å². The Morgan fingerprint density at radius 3 is 1.44 bits per heavy atom. The fourth-order valence-corrected chi connectivity index (χ4v) is 4.12. The summed E-state index contributed by atoms with van der Waals surface area (Å²) in [7, 11) is 4.18. The van der Waals surface area contributed by atoms with E-state index in [2.05, 4.69) is 113 Å². The second-order valence-corrected chi connectivity index (χ2v) is 9.58. The number of rotatable bonds is 6. The number of aryl methyl sites for hydroxylation is 3. The molecule has 1 aromatic carbocycles. The maximum absolute atomic E-state index is 2.44. The van der Waals surface area contributed by atoms with Gasteiger partial charge in [-0.2, -0.15) is 0 Å². The van der Waals surface area contributed by atoms with Crippen LogP contribution in [0.3, 0.4) is 0 Å². The smallest absolute Gasteiger partial charge is 0.0106 e. The van der Waals surface area contributed by atoms with Crippen LogP contribution in [-0.4, -0.2) is 9.13 Å². The molecule has 0 unspecified atom stereocenters. The molecule has 0 bridgehead atoms. The van der Waals surface area contributed by atoms with Gasteiger partial charge in [-0.3, -0.25) is 0 Å². The lowest BCUT2D eigenvalue weighted by Gasteiger charge is -2.30. The highest BCUT2D eigenvalue weighted by Crippen LogP contribution is 2.34. The Bertz CT molecular complexity index is 849. The first-order chi connectivity index (χ1) is 12.5. The molecule has 0 saturated heterocycles. The van der Waals surface area contributed by atoms with Gasteiger partial charge in [0.2, 0.25) is 0 Å². The number of nitrogens with zero attached hydrogens (tertiary/aromatic N) is 2. The Hall–Kier alpha value is -2.22. The van der Waals surface area contributed by atoms with Gasteiger partial charge in [-0.25, -0.2) is 0 Å². The molecule has 0 spiro atoms. The Morgan fingerprint density at radius 1 is 0.704 bits per heavy atom. The molecule has 3 rings (SSSR count). The maximum Gasteiger partial charge on any atom is 0.0106 e. The summed E-state index contributed by atoms with van der Waals surface area (Å²) in [5.74, 6) is 0. The van der Waals surface area contributed by atoms with E-state index in [0.29, 0.717) is 0 Å². The normalized spacial score (nSPS) is 12.6. The quantitative estimate of drug-likeness (QED) is 0.531. The topological polar surface area (TPSA) is 9.86 Å². The van der Waals surface area contributed by atoms with Crippen molar-refractivity contribution < 1.29 is 0 Å². The largest absolute Gasteiger partial charge is 0.357 e. The van der Waals surface area contributed by atoms with Gasteiger partial charge in [-0.15, -0.1) is 0 Å². The SMILES string of the molecule is Cc1cc(C(C)(C)Cc2ccn(C)c2)cc(C(C)(C)Cc2ccn(C)c2)c1. The molecule has 2 nitrogen and oxygen atoms in total. The Kier molecular flexibility index (Phi) is 5.12. The van der Waals surface area contributed by atoms with Gasteiger partial charge in [0, 0.05) is 38.9 Å². The summed E-state index contributed by atoms with van der Waals surface area (Å²) in [6.07, 6.45) is 10.8. The van der Waals surface area contributed by atoms with Crippen LogP contribution in [0.4, 0.5) is 0 Å². The van der Waals surface area contributed by atoms with E-state index in [1.165, 1.54) is 27.8 Å². The van der Waals surface area contributed by atoms with Gasteiger partial charge in [0.15, 0.2) is 0 Å². The van der Waals surface area contributed by atoms with Crippen molar-refractivity contribution in [3.8, 4) is 0 Å². The van der Waals surface area contributed by atoms with Crippen LogP contribution in [-0.2, 0) is 37.8 Å². The van der Waals surface area contributed by atoms with Gasteiger partial charge in [0.1, 0.15) is 0 Å². The van der Waals surface area contributed by atoms with Crippen LogP contribution in [0, 0.1) is 6.92 Å². The minimum atomic E-state index is 0.102. The highest BCUT2D eigenvalue weighted by Gasteiger charge is 2.27. The second-order valence-electron chi connectivity index (χ2n) is 9.58. The highest BCUT2D eigenvalue weighted by atomic mass is 14.9. The molecule has 0 atom stereocenters. The molecule has 27 heavy (non-hydrogen) atoms. The lowest BCUT2D eigenvalue weighted by Crippen LogP contribution is -2.24. The van der Waals surface area contributed by atoms with E-state index in [1.54, 1.807) is 0 Å². The van der Waals surface area contributed by atoms with E-state index in [0.717, 1.165) is 12.8 Å².